The van der Waals surface area contributed by atoms with Crippen molar-refractivity contribution in [2.24, 2.45) is 5.73 Å². The van der Waals surface area contributed by atoms with Gasteiger partial charge in [0, 0.05) is 30.1 Å². The summed E-state index contributed by atoms with van der Waals surface area (Å²) in [7, 11) is 0. The molecule has 0 spiro atoms. The smallest absolute Gasteiger partial charge is 0.0619 e. The molecule has 0 amide bonds. The Kier molecular flexibility index (Phi) is 4.56. The second kappa shape index (κ2) is 5.96. The van der Waals surface area contributed by atoms with Crippen LogP contribution in [0.3, 0.4) is 0 Å². The predicted molar refractivity (Wildman–Crippen MR) is 72.7 cm³/mol. The molecule has 0 radical (unpaired) electrons. The van der Waals surface area contributed by atoms with Crippen molar-refractivity contribution >= 4 is 15.9 Å². The van der Waals surface area contributed by atoms with E-state index in [1.807, 2.05) is 0 Å². The highest BCUT2D eigenvalue weighted by Crippen LogP contribution is 2.21. The van der Waals surface area contributed by atoms with Crippen LogP contribution in [0.4, 0.5) is 0 Å². The fourth-order valence-electron chi connectivity index (χ4n) is 2.06. The molecule has 0 aliphatic carbocycles. The average molecular weight is 299 g/mol. The van der Waals surface area contributed by atoms with Gasteiger partial charge in [-0.2, -0.15) is 0 Å². The molecule has 1 aliphatic heterocycles. The van der Waals surface area contributed by atoms with Gasteiger partial charge in [0.15, 0.2) is 0 Å². The molecule has 2 rings (SSSR count). The Balaban J connectivity index is 2.07. The highest BCUT2D eigenvalue weighted by atomic mass is 79.9. The Morgan fingerprint density at radius 3 is 3.00 bits per heavy atom. The van der Waals surface area contributed by atoms with E-state index in [-0.39, 0.29) is 0 Å². The Morgan fingerprint density at radius 1 is 1.53 bits per heavy atom. The van der Waals surface area contributed by atoms with E-state index in [0.717, 1.165) is 36.3 Å². The minimum Gasteiger partial charge on any atom is -0.379 e. The average Bonchev–Trinajstić information content (AvgIpc) is 2.34. The monoisotopic (exact) mass is 298 g/mol. The topological polar surface area (TPSA) is 38.5 Å². The fraction of sp³-hybridized carbons (Fsp3) is 0.538. The maximum atomic E-state index is 5.63. The van der Waals surface area contributed by atoms with Gasteiger partial charge in [-0.1, -0.05) is 28.1 Å². The van der Waals surface area contributed by atoms with Gasteiger partial charge in [-0.15, -0.1) is 0 Å². The van der Waals surface area contributed by atoms with E-state index in [4.69, 9.17) is 10.5 Å². The summed E-state index contributed by atoms with van der Waals surface area (Å²) in [6, 6.07) is 6.87. The molecule has 1 saturated heterocycles. The van der Waals surface area contributed by atoms with E-state index in [9.17, 15) is 0 Å². The van der Waals surface area contributed by atoms with Crippen LogP contribution in [-0.4, -0.2) is 30.7 Å². The molecule has 0 bridgehead atoms. The Hall–Kier alpha value is -0.420. The largest absolute Gasteiger partial charge is 0.379 e. The molecule has 1 fully saturated rings. The van der Waals surface area contributed by atoms with E-state index < -0.39 is 0 Å². The third-order valence-corrected chi connectivity index (χ3v) is 3.97. The highest BCUT2D eigenvalue weighted by Gasteiger charge is 2.19. The number of morpholine rings is 1. The summed E-state index contributed by atoms with van der Waals surface area (Å²) in [5, 5.41) is 0. The molecule has 1 aromatic carbocycles. The molecule has 0 aromatic heterocycles. The SMILES string of the molecule is CC1COCCN1Cc1ccc(CN)cc1Br. The van der Waals surface area contributed by atoms with Crippen molar-refractivity contribution < 1.29 is 4.74 Å². The zero-order chi connectivity index (χ0) is 12.3. The summed E-state index contributed by atoms with van der Waals surface area (Å²) in [5.74, 6) is 0. The van der Waals surface area contributed by atoms with Crippen LogP contribution >= 0.6 is 15.9 Å². The number of hydrogen-bond acceptors (Lipinski definition) is 3. The summed E-state index contributed by atoms with van der Waals surface area (Å²) < 4.78 is 6.60. The van der Waals surface area contributed by atoms with Gasteiger partial charge in [0.1, 0.15) is 0 Å². The van der Waals surface area contributed by atoms with Gasteiger partial charge < -0.3 is 10.5 Å². The standard InChI is InChI=1S/C13H19BrN2O/c1-10-9-17-5-4-16(10)8-12-3-2-11(7-15)6-13(12)14/h2-3,6,10H,4-5,7-9,15H2,1H3. The van der Waals surface area contributed by atoms with Crippen LogP contribution in [0.15, 0.2) is 22.7 Å². The van der Waals surface area contributed by atoms with Crippen LogP contribution in [0.2, 0.25) is 0 Å². The zero-order valence-electron chi connectivity index (χ0n) is 10.2. The van der Waals surface area contributed by atoms with E-state index in [0.29, 0.717) is 12.6 Å². The Labute approximate surface area is 111 Å². The summed E-state index contributed by atoms with van der Waals surface area (Å²) in [6.07, 6.45) is 0. The molecule has 3 nitrogen and oxygen atoms in total. The normalized spacial score (nSPS) is 21.7. The molecule has 1 aromatic rings. The van der Waals surface area contributed by atoms with E-state index in [1.54, 1.807) is 0 Å². The lowest BCUT2D eigenvalue weighted by Crippen LogP contribution is -2.42. The molecule has 2 N–H and O–H groups in total. The number of hydrogen-bond donors (Lipinski definition) is 1. The van der Waals surface area contributed by atoms with Crippen molar-refractivity contribution in [3.05, 3.63) is 33.8 Å². The third kappa shape index (κ3) is 3.28. The van der Waals surface area contributed by atoms with Crippen LogP contribution in [0.25, 0.3) is 0 Å². The first-order chi connectivity index (χ1) is 8.20. The molecule has 1 aliphatic rings. The van der Waals surface area contributed by atoms with Gasteiger partial charge in [-0.25, -0.2) is 0 Å². The molecule has 17 heavy (non-hydrogen) atoms. The van der Waals surface area contributed by atoms with Crippen LogP contribution in [0.1, 0.15) is 18.1 Å². The minimum atomic E-state index is 0.491. The highest BCUT2D eigenvalue weighted by molar-refractivity contribution is 9.10. The molecule has 1 atom stereocenters. The van der Waals surface area contributed by atoms with Crippen molar-refractivity contribution in [2.45, 2.75) is 26.1 Å². The molecule has 0 saturated carbocycles. The summed E-state index contributed by atoms with van der Waals surface area (Å²) in [6.45, 7) is 6.44. The summed E-state index contributed by atoms with van der Waals surface area (Å²) >= 11 is 3.62. The maximum absolute atomic E-state index is 5.63. The van der Waals surface area contributed by atoms with Crippen LogP contribution < -0.4 is 5.73 Å². The van der Waals surface area contributed by atoms with Gasteiger partial charge in [-0.05, 0) is 24.1 Å². The van der Waals surface area contributed by atoms with Gasteiger partial charge in [0.2, 0.25) is 0 Å². The lowest BCUT2D eigenvalue weighted by atomic mass is 10.1. The molecule has 4 heteroatoms. The van der Waals surface area contributed by atoms with E-state index >= 15 is 0 Å². The lowest BCUT2D eigenvalue weighted by molar-refractivity contribution is -0.00445. The van der Waals surface area contributed by atoms with E-state index in [2.05, 4.69) is 46.0 Å². The van der Waals surface area contributed by atoms with Gasteiger partial charge in [-0.3, -0.25) is 4.90 Å². The fourth-order valence-corrected chi connectivity index (χ4v) is 2.61. The predicted octanol–water partition coefficient (Wildman–Crippen LogP) is 2.13. The number of rotatable bonds is 3. The summed E-state index contributed by atoms with van der Waals surface area (Å²) in [4.78, 5) is 2.45. The number of nitrogens with two attached hydrogens (primary N) is 1. The molecular formula is C13H19BrN2O. The number of halogens is 1. The van der Waals surface area contributed by atoms with Crippen LogP contribution in [0, 0.1) is 0 Å². The van der Waals surface area contributed by atoms with Crippen molar-refractivity contribution in [1.29, 1.82) is 0 Å². The van der Waals surface area contributed by atoms with Crippen LogP contribution in [-0.2, 0) is 17.8 Å². The van der Waals surface area contributed by atoms with Gasteiger partial charge >= 0.3 is 0 Å². The van der Waals surface area contributed by atoms with Crippen LogP contribution in [0.5, 0.6) is 0 Å². The molecule has 94 valence electrons. The first kappa shape index (κ1) is 13.0. The first-order valence-corrected chi connectivity index (χ1v) is 6.79. The second-order valence-corrected chi connectivity index (χ2v) is 5.38. The Morgan fingerprint density at radius 2 is 2.35 bits per heavy atom. The van der Waals surface area contributed by atoms with Gasteiger partial charge in [0.25, 0.3) is 0 Å². The molecule has 1 heterocycles. The van der Waals surface area contributed by atoms with Gasteiger partial charge in [0.05, 0.1) is 13.2 Å². The maximum Gasteiger partial charge on any atom is 0.0619 e. The minimum absolute atomic E-state index is 0.491. The third-order valence-electron chi connectivity index (χ3n) is 3.23. The van der Waals surface area contributed by atoms with Crippen molar-refractivity contribution in [3.63, 3.8) is 0 Å². The number of ether oxygens (including phenoxy) is 1. The Bertz CT molecular complexity index is 384. The molecular weight excluding hydrogens is 280 g/mol. The zero-order valence-corrected chi connectivity index (χ0v) is 11.7. The van der Waals surface area contributed by atoms with Crippen molar-refractivity contribution in [1.82, 2.24) is 4.90 Å². The molecule has 1 unspecified atom stereocenters. The lowest BCUT2D eigenvalue weighted by Gasteiger charge is -2.33. The quantitative estimate of drug-likeness (QED) is 0.929. The summed E-state index contributed by atoms with van der Waals surface area (Å²) in [5.41, 5.74) is 8.11. The van der Waals surface area contributed by atoms with E-state index in [1.165, 1.54) is 5.56 Å². The first-order valence-electron chi connectivity index (χ1n) is 6.00. The number of nitrogens with zero attached hydrogens (tertiary/aromatic N) is 1. The van der Waals surface area contributed by atoms with Crippen molar-refractivity contribution in [2.75, 3.05) is 19.8 Å². The second-order valence-electron chi connectivity index (χ2n) is 4.52. The van der Waals surface area contributed by atoms with Crippen molar-refractivity contribution in [3.8, 4) is 0 Å². The number of benzene rings is 1.